The van der Waals surface area contributed by atoms with Crippen LogP contribution in [-0.2, 0) is 35.8 Å². The van der Waals surface area contributed by atoms with Crippen molar-refractivity contribution in [1.29, 1.82) is 0 Å². The molecule has 0 spiro atoms. The summed E-state index contributed by atoms with van der Waals surface area (Å²) in [5, 5.41) is 6.16. The maximum absolute atomic E-state index is 11.9. The summed E-state index contributed by atoms with van der Waals surface area (Å²) in [5.74, 6) is 0.455. The fourth-order valence-electron chi connectivity index (χ4n) is 3.03. The zero-order valence-corrected chi connectivity index (χ0v) is 24.2. The van der Waals surface area contributed by atoms with Crippen LogP contribution in [0, 0.1) is 0 Å². The van der Waals surface area contributed by atoms with Crippen LogP contribution in [-0.4, -0.2) is 25.8 Å². The molecule has 2 aliphatic carbocycles. The summed E-state index contributed by atoms with van der Waals surface area (Å²) in [6.07, 6.45) is 13.7. The summed E-state index contributed by atoms with van der Waals surface area (Å²) in [6, 6.07) is 15.4. The predicted octanol–water partition coefficient (Wildman–Crippen LogP) is 6.83. The average Bonchev–Trinajstić information content (AvgIpc) is 2.90. The SMILES string of the molecule is COC1=CC=CC(=CNc2ccc(Br)cc2)C1=O.COC1=CC=CC(=CNc2ccc(Br)cc2)C1=O.[Co]. The predicted molar refractivity (Wildman–Crippen MR) is 150 cm³/mol. The molecule has 4 rings (SSSR count). The quantitative estimate of drug-likeness (QED) is 0.329. The van der Waals surface area contributed by atoms with E-state index in [-0.39, 0.29) is 28.3 Å². The molecular weight excluding hydrogens is 647 g/mol. The second-order valence-electron chi connectivity index (χ2n) is 7.35. The number of allylic oxidation sites excluding steroid dienone is 8. The molecule has 0 fully saturated rings. The van der Waals surface area contributed by atoms with E-state index in [1.165, 1.54) is 14.2 Å². The number of benzene rings is 2. The number of methoxy groups -OCH3 is 2. The fourth-order valence-corrected chi connectivity index (χ4v) is 3.56. The van der Waals surface area contributed by atoms with Gasteiger partial charge in [-0.1, -0.05) is 44.0 Å². The summed E-state index contributed by atoms with van der Waals surface area (Å²) in [7, 11) is 2.98. The third kappa shape index (κ3) is 9.05. The van der Waals surface area contributed by atoms with E-state index in [9.17, 15) is 9.59 Å². The maximum atomic E-state index is 11.9. The van der Waals surface area contributed by atoms with Gasteiger partial charge >= 0.3 is 0 Å². The number of rotatable bonds is 6. The molecule has 0 saturated heterocycles. The molecule has 2 aliphatic rings. The molecule has 0 bridgehead atoms. The molecule has 0 saturated carbocycles. The van der Waals surface area contributed by atoms with E-state index in [4.69, 9.17) is 9.47 Å². The molecule has 0 heterocycles. The van der Waals surface area contributed by atoms with E-state index in [1.807, 2.05) is 48.5 Å². The van der Waals surface area contributed by atoms with E-state index in [2.05, 4.69) is 42.5 Å². The van der Waals surface area contributed by atoms with Crippen LogP contribution in [0.3, 0.4) is 0 Å². The molecule has 2 N–H and O–H groups in total. The van der Waals surface area contributed by atoms with Crippen LogP contribution in [0.2, 0.25) is 0 Å². The van der Waals surface area contributed by atoms with Crippen LogP contribution in [0.15, 0.2) is 129 Å². The Morgan fingerprint density at radius 1 is 0.649 bits per heavy atom. The monoisotopic (exact) mass is 669 g/mol. The maximum Gasteiger partial charge on any atom is 0.228 e. The number of nitrogens with one attached hydrogen (secondary N) is 2. The summed E-state index contributed by atoms with van der Waals surface area (Å²) >= 11 is 6.73. The topological polar surface area (TPSA) is 76.7 Å². The first kappa shape index (κ1) is 30.1. The number of hydrogen-bond donors (Lipinski definition) is 2. The second kappa shape index (κ2) is 15.2. The molecule has 9 heteroatoms. The first-order valence-corrected chi connectivity index (χ1v) is 12.4. The Morgan fingerprint density at radius 2 is 1.00 bits per heavy atom. The average molecular weight is 671 g/mol. The Bertz CT molecular complexity index is 1190. The molecule has 0 atom stereocenters. The van der Waals surface area contributed by atoms with Gasteiger partial charge in [-0.05, 0) is 72.8 Å². The molecule has 2 aromatic rings. The number of Topliss-reactive ketones (excluding diaryl/α,β-unsaturated/α-hetero) is 2. The third-order valence-corrected chi connectivity index (χ3v) is 5.99. The van der Waals surface area contributed by atoms with Gasteiger partial charge in [-0.25, -0.2) is 0 Å². The van der Waals surface area contributed by atoms with Gasteiger partial charge in [-0.2, -0.15) is 0 Å². The van der Waals surface area contributed by atoms with Crippen molar-refractivity contribution in [2.45, 2.75) is 0 Å². The molecule has 0 aliphatic heterocycles. The minimum Gasteiger partial charge on any atom is -0.493 e. The zero-order chi connectivity index (χ0) is 25.9. The first-order valence-electron chi connectivity index (χ1n) is 10.8. The van der Waals surface area contributed by atoms with Gasteiger partial charge in [-0.3, -0.25) is 9.59 Å². The molecule has 2 aromatic carbocycles. The van der Waals surface area contributed by atoms with Gasteiger partial charge in [-0.15, -0.1) is 0 Å². The summed E-state index contributed by atoms with van der Waals surface area (Å²) in [5.41, 5.74) is 2.97. The van der Waals surface area contributed by atoms with Crippen LogP contribution >= 0.6 is 31.9 Å². The fraction of sp³-hybridized carbons (Fsp3) is 0.0714. The molecule has 0 unspecified atom stereocenters. The van der Waals surface area contributed by atoms with Crippen molar-refractivity contribution < 1.29 is 35.8 Å². The molecule has 193 valence electrons. The molecule has 1 radical (unpaired) electrons. The Morgan fingerprint density at radius 3 is 1.32 bits per heavy atom. The third-order valence-electron chi connectivity index (χ3n) is 4.94. The van der Waals surface area contributed by atoms with Crippen LogP contribution in [0.1, 0.15) is 0 Å². The van der Waals surface area contributed by atoms with E-state index in [1.54, 1.807) is 48.9 Å². The summed E-state index contributed by atoms with van der Waals surface area (Å²) in [4.78, 5) is 23.7. The van der Waals surface area contributed by atoms with Crippen molar-refractivity contribution in [1.82, 2.24) is 0 Å². The Balaban J connectivity index is 0.000000253. The second-order valence-corrected chi connectivity index (χ2v) is 9.18. The van der Waals surface area contributed by atoms with Crippen molar-refractivity contribution in [3.8, 4) is 0 Å². The number of hydrogen-bond acceptors (Lipinski definition) is 6. The van der Waals surface area contributed by atoms with Crippen molar-refractivity contribution >= 4 is 54.8 Å². The van der Waals surface area contributed by atoms with Crippen molar-refractivity contribution in [2.75, 3.05) is 24.9 Å². The molecule has 0 amide bonds. The Kier molecular flexibility index (Phi) is 12.4. The van der Waals surface area contributed by atoms with E-state index < -0.39 is 0 Å². The van der Waals surface area contributed by atoms with Crippen LogP contribution < -0.4 is 10.6 Å². The van der Waals surface area contributed by atoms with E-state index >= 15 is 0 Å². The van der Waals surface area contributed by atoms with Gasteiger partial charge < -0.3 is 20.1 Å². The van der Waals surface area contributed by atoms with Gasteiger partial charge in [0, 0.05) is 60.6 Å². The summed E-state index contributed by atoms with van der Waals surface area (Å²) in [6.45, 7) is 0. The molecule has 6 nitrogen and oxygen atoms in total. The molecule has 0 aromatic heterocycles. The standard InChI is InChI=1S/2C14H12BrNO2.Co/c2*1-18-13-4-2-3-10(14(13)17)9-16-12-7-5-11(15)6-8-12;/h2*2-9,16H,1H3;. The van der Waals surface area contributed by atoms with Gasteiger partial charge in [0.1, 0.15) is 0 Å². The number of anilines is 2. The smallest absolute Gasteiger partial charge is 0.228 e. The van der Waals surface area contributed by atoms with E-state index in [0.717, 1.165) is 20.3 Å². The number of carbonyl (C=O) groups excluding carboxylic acids is 2. The Labute approximate surface area is 243 Å². The van der Waals surface area contributed by atoms with Crippen molar-refractivity contribution in [3.05, 3.63) is 129 Å². The number of ketones is 2. The van der Waals surface area contributed by atoms with Crippen LogP contribution in [0.5, 0.6) is 0 Å². The number of halogens is 2. The minimum atomic E-state index is -0.121. The van der Waals surface area contributed by atoms with Gasteiger partial charge in [0.2, 0.25) is 11.6 Å². The van der Waals surface area contributed by atoms with Crippen molar-refractivity contribution in [2.24, 2.45) is 0 Å². The van der Waals surface area contributed by atoms with Gasteiger partial charge in [0.05, 0.1) is 14.2 Å². The van der Waals surface area contributed by atoms with Crippen LogP contribution in [0.4, 0.5) is 11.4 Å². The zero-order valence-electron chi connectivity index (χ0n) is 20.0. The molecule has 37 heavy (non-hydrogen) atoms. The van der Waals surface area contributed by atoms with Crippen molar-refractivity contribution in [3.63, 3.8) is 0 Å². The largest absolute Gasteiger partial charge is 0.493 e. The van der Waals surface area contributed by atoms with Crippen LogP contribution in [0.25, 0.3) is 0 Å². The first-order chi connectivity index (χ1) is 17.4. The van der Waals surface area contributed by atoms with Gasteiger partial charge in [0.15, 0.2) is 11.5 Å². The minimum absolute atomic E-state index is 0. The molecular formula is C28H24Br2CoN2O4. The van der Waals surface area contributed by atoms with E-state index in [0.29, 0.717) is 22.7 Å². The Hall–Kier alpha value is -3.11. The summed E-state index contributed by atoms with van der Waals surface area (Å²) < 4.78 is 12.0. The van der Waals surface area contributed by atoms with Gasteiger partial charge in [0.25, 0.3) is 0 Å². The number of ether oxygens (including phenoxy) is 2. The normalized spacial score (nSPS) is 16.2. The number of carbonyl (C=O) groups is 2.